The Bertz CT molecular complexity index is 580. The SMILES string of the molecule is CSC1(CNc2nc(NN)nc(-n3ccnc3)n2)CC1. The Labute approximate surface area is 120 Å². The van der Waals surface area contributed by atoms with Gasteiger partial charge in [-0.25, -0.2) is 10.8 Å². The Hall–Kier alpha value is -1.87. The molecule has 2 aromatic heterocycles. The lowest BCUT2D eigenvalue weighted by Crippen LogP contribution is -2.21. The van der Waals surface area contributed by atoms with Crippen molar-refractivity contribution < 1.29 is 0 Å². The van der Waals surface area contributed by atoms with Crippen LogP contribution < -0.4 is 16.6 Å². The number of aromatic nitrogens is 5. The smallest absolute Gasteiger partial charge is 0.243 e. The summed E-state index contributed by atoms with van der Waals surface area (Å²) in [4.78, 5) is 16.8. The molecule has 0 spiro atoms. The summed E-state index contributed by atoms with van der Waals surface area (Å²) in [5, 5.41) is 3.26. The van der Waals surface area contributed by atoms with Crippen molar-refractivity contribution in [1.29, 1.82) is 0 Å². The number of anilines is 2. The van der Waals surface area contributed by atoms with Crippen LogP contribution in [0.25, 0.3) is 5.95 Å². The topological polar surface area (TPSA) is 107 Å². The maximum absolute atomic E-state index is 5.40. The number of thioether (sulfide) groups is 1. The van der Waals surface area contributed by atoms with Gasteiger partial charge in [-0.3, -0.25) is 9.99 Å². The molecule has 3 rings (SSSR count). The molecule has 106 valence electrons. The fourth-order valence-electron chi connectivity index (χ4n) is 1.83. The molecule has 1 fully saturated rings. The van der Waals surface area contributed by atoms with Crippen molar-refractivity contribution in [1.82, 2.24) is 24.5 Å². The highest BCUT2D eigenvalue weighted by atomic mass is 32.2. The standard InChI is InChI=1S/C11H16N8S/c1-20-11(2-3-11)6-14-8-15-9(18-12)17-10(16-8)19-5-4-13-7-19/h4-5,7H,2-3,6,12H2,1H3,(H2,14,15,16,17,18). The van der Waals surface area contributed by atoms with E-state index in [1.165, 1.54) is 12.8 Å². The first-order valence-electron chi connectivity index (χ1n) is 6.25. The third kappa shape index (κ3) is 2.68. The maximum Gasteiger partial charge on any atom is 0.243 e. The van der Waals surface area contributed by atoms with E-state index in [9.17, 15) is 0 Å². The first kappa shape index (κ1) is 13.1. The summed E-state index contributed by atoms with van der Waals surface area (Å²) in [5.41, 5.74) is 2.46. The number of rotatable bonds is 6. The van der Waals surface area contributed by atoms with E-state index in [0.29, 0.717) is 22.6 Å². The van der Waals surface area contributed by atoms with Crippen molar-refractivity contribution in [3.05, 3.63) is 18.7 Å². The third-order valence-electron chi connectivity index (χ3n) is 3.30. The van der Waals surface area contributed by atoms with Crippen molar-refractivity contribution in [2.75, 3.05) is 23.5 Å². The van der Waals surface area contributed by atoms with E-state index >= 15 is 0 Å². The predicted molar refractivity (Wildman–Crippen MR) is 78.7 cm³/mol. The molecule has 2 aromatic rings. The molecular formula is C11H16N8S. The average Bonchev–Trinajstić information content (AvgIpc) is 3.06. The third-order valence-corrected chi connectivity index (χ3v) is 4.72. The molecule has 9 heteroatoms. The van der Waals surface area contributed by atoms with E-state index in [1.807, 2.05) is 11.8 Å². The minimum absolute atomic E-state index is 0.320. The Balaban J connectivity index is 1.81. The predicted octanol–water partition coefficient (Wildman–Crippen LogP) is 0.650. The largest absolute Gasteiger partial charge is 0.353 e. The van der Waals surface area contributed by atoms with Gasteiger partial charge in [0.2, 0.25) is 17.8 Å². The molecule has 1 aliphatic carbocycles. The second-order valence-corrected chi connectivity index (χ2v) is 5.91. The number of nitrogens with two attached hydrogens (primary N) is 1. The van der Waals surface area contributed by atoms with Crippen LogP contribution in [-0.4, -0.2) is 42.1 Å². The monoisotopic (exact) mass is 292 g/mol. The summed E-state index contributed by atoms with van der Waals surface area (Å²) < 4.78 is 2.03. The van der Waals surface area contributed by atoms with E-state index in [2.05, 4.69) is 36.9 Å². The van der Waals surface area contributed by atoms with Crippen LogP contribution in [0, 0.1) is 0 Å². The zero-order valence-corrected chi connectivity index (χ0v) is 11.9. The summed E-state index contributed by atoms with van der Waals surface area (Å²) in [6.07, 6.45) is 9.64. The number of nitrogens with one attached hydrogen (secondary N) is 2. The average molecular weight is 292 g/mol. The Morgan fingerprint density at radius 2 is 2.15 bits per heavy atom. The zero-order chi connectivity index (χ0) is 14.0. The van der Waals surface area contributed by atoms with Crippen molar-refractivity contribution in [3.8, 4) is 5.95 Å². The lowest BCUT2D eigenvalue weighted by molar-refractivity contribution is 0.871. The molecule has 0 amide bonds. The van der Waals surface area contributed by atoms with Crippen LogP contribution in [0.4, 0.5) is 11.9 Å². The van der Waals surface area contributed by atoms with E-state index in [-0.39, 0.29) is 0 Å². The second kappa shape index (κ2) is 5.25. The van der Waals surface area contributed by atoms with E-state index < -0.39 is 0 Å². The highest BCUT2D eigenvalue weighted by Gasteiger charge is 2.41. The van der Waals surface area contributed by atoms with Gasteiger partial charge in [0, 0.05) is 23.7 Å². The van der Waals surface area contributed by atoms with Gasteiger partial charge in [-0.1, -0.05) is 0 Å². The van der Waals surface area contributed by atoms with Crippen LogP contribution in [0.3, 0.4) is 0 Å². The number of imidazole rings is 1. The van der Waals surface area contributed by atoms with Gasteiger partial charge in [-0.15, -0.1) is 0 Å². The minimum atomic E-state index is 0.320. The van der Waals surface area contributed by atoms with Crippen molar-refractivity contribution in [2.24, 2.45) is 5.84 Å². The van der Waals surface area contributed by atoms with Gasteiger partial charge in [-0.05, 0) is 19.1 Å². The lowest BCUT2D eigenvalue weighted by atomic mass is 10.4. The highest BCUT2D eigenvalue weighted by Crippen LogP contribution is 2.46. The normalized spacial score (nSPS) is 15.9. The van der Waals surface area contributed by atoms with E-state index in [1.54, 1.807) is 23.3 Å². The van der Waals surface area contributed by atoms with Gasteiger partial charge >= 0.3 is 0 Å². The molecule has 0 aliphatic heterocycles. The van der Waals surface area contributed by atoms with Crippen LogP contribution in [0.1, 0.15) is 12.8 Å². The van der Waals surface area contributed by atoms with Crippen LogP contribution in [0.2, 0.25) is 0 Å². The number of hydrogen-bond donors (Lipinski definition) is 3. The number of nitrogens with zero attached hydrogens (tertiary/aromatic N) is 5. The summed E-state index contributed by atoms with van der Waals surface area (Å²) in [5.74, 6) is 6.71. The van der Waals surface area contributed by atoms with Crippen LogP contribution >= 0.6 is 11.8 Å². The number of hydrazine groups is 1. The van der Waals surface area contributed by atoms with Gasteiger partial charge in [0.05, 0.1) is 0 Å². The second-order valence-electron chi connectivity index (χ2n) is 4.64. The molecule has 0 unspecified atom stereocenters. The maximum atomic E-state index is 5.40. The quantitative estimate of drug-likeness (QED) is 0.526. The molecule has 8 nitrogen and oxygen atoms in total. The minimum Gasteiger partial charge on any atom is -0.353 e. The molecule has 0 bridgehead atoms. The van der Waals surface area contributed by atoms with Gasteiger partial charge < -0.3 is 5.32 Å². The number of hydrogen-bond acceptors (Lipinski definition) is 8. The molecule has 1 saturated carbocycles. The summed E-state index contributed by atoms with van der Waals surface area (Å²) in [7, 11) is 0. The van der Waals surface area contributed by atoms with Crippen LogP contribution in [0.5, 0.6) is 0 Å². The zero-order valence-electron chi connectivity index (χ0n) is 11.1. The lowest BCUT2D eigenvalue weighted by Gasteiger charge is -2.13. The highest BCUT2D eigenvalue weighted by molar-refractivity contribution is 8.00. The molecule has 20 heavy (non-hydrogen) atoms. The summed E-state index contributed by atoms with van der Waals surface area (Å²) in [6.45, 7) is 0.839. The van der Waals surface area contributed by atoms with Gasteiger partial charge in [0.1, 0.15) is 6.33 Å². The molecule has 0 aromatic carbocycles. The number of nitrogen functional groups attached to an aromatic ring is 1. The fourth-order valence-corrected chi connectivity index (χ4v) is 2.56. The van der Waals surface area contributed by atoms with Crippen LogP contribution in [-0.2, 0) is 0 Å². The van der Waals surface area contributed by atoms with Gasteiger partial charge in [0.25, 0.3) is 0 Å². The molecule has 4 N–H and O–H groups in total. The summed E-state index contributed by atoms with van der Waals surface area (Å²) >= 11 is 1.88. The Morgan fingerprint density at radius 1 is 1.35 bits per heavy atom. The van der Waals surface area contributed by atoms with E-state index in [0.717, 1.165) is 6.54 Å². The van der Waals surface area contributed by atoms with Crippen molar-refractivity contribution in [2.45, 2.75) is 17.6 Å². The molecule has 0 saturated heterocycles. The molecule has 2 heterocycles. The Morgan fingerprint density at radius 3 is 2.75 bits per heavy atom. The molecular weight excluding hydrogens is 276 g/mol. The van der Waals surface area contributed by atoms with E-state index in [4.69, 9.17) is 5.84 Å². The fraction of sp³-hybridized carbons (Fsp3) is 0.455. The van der Waals surface area contributed by atoms with Crippen molar-refractivity contribution >= 4 is 23.7 Å². The van der Waals surface area contributed by atoms with Gasteiger partial charge in [0.15, 0.2) is 0 Å². The summed E-state index contributed by atoms with van der Waals surface area (Å²) in [6, 6.07) is 0. The van der Waals surface area contributed by atoms with Crippen LogP contribution in [0.15, 0.2) is 18.7 Å². The first-order valence-corrected chi connectivity index (χ1v) is 7.47. The first-order chi connectivity index (χ1) is 9.74. The molecule has 0 atom stereocenters. The van der Waals surface area contributed by atoms with Gasteiger partial charge in [-0.2, -0.15) is 26.7 Å². The molecule has 1 aliphatic rings. The Kier molecular flexibility index (Phi) is 3.45. The van der Waals surface area contributed by atoms with Crippen molar-refractivity contribution in [3.63, 3.8) is 0 Å². The molecule has 0 radical (unpaired) electrons.